The van der Waals surface area contributed by atoms with Crippen molar-refractivity contribution >= 4 is 16.5 Å². The zero-order valence-electron chi connectivity index (χ0n) is 8.53. The van der Waals surface area contributed by atoms with E-state index in [1.807, 2.05) is 0 Å². The molecular formula is C9H13N5S. The maximum Gasteiger partial charge on any atom is 0.206 e. The van der Waals surface area contributed by atoms with Crippen LogP contribution in [0.25, 0.3) is 0 Å². The second-order valence-electron chi connectivity index (χ2n) is 3.14. The first-order valence-corrected chi connectivity index (χ1v) is 5.74. The Morgan fingerprint density at radius 1 is 1.47 bits per heavy atom. The number of aromatic amines is 1. The Morgan fingerprint density at radius 3 is 3.13 bits per heavy atom. The van der Waals surface area contributed by atoms with Gasteiger partial charge in [0.1, 0.15) is 10.8 Å². The highest BCUT2D eigenvalue weighted by molar-refractivity contribution is 7.15. The molecule has 0 bridgehead atoms. The topological polar surface area (TPSA) is 66.5 Å². The summed E-state index contributed by atoms with van der Waals surface area (Å²) in [5.74, 6) is 0.905. The smallest absolute Gasteiger partial charge is 0.206 e. The Hall–Kier alpha value is -1.43. The van der Waals surface area contributed by atoms with E-state index >= 15 is 0 Å². The minimum Gasteiger partial charge on any atom is -0.353 e. The molecule has 0 aliphatic rings. The molecule has 0 fully saturated rings. The number of hydrogen-bond donors (Lipinski definition) is 2. The first kappa shape index (κ1) is 10.1. The van der Waals surface area contributed by atoms with Crippen LogP contribution >= 0.6 is 11.3 Å². The normalized spacial score (nSPS) is 10.5. The average molecular weight is 223 g/mol. The zero-order chi connectivity index (χ0) is 10.5. The van der Waals surface area contributed by atoms with Gasteiger partial charge in [-0.2, -0.15) is 0 Å². The summed E-state index contributed by atoms with van der Waals surface area (Å²) in [7, 11) is 0. The van der Waals surface area contributed by atoms with Gasteiger partial charge in [-0.3, -0.25) is 0 Å². The molecule has 15 heavy (non-hydrogen) atoms. The van der Waals surface area contributed by atoms with Gasteiger partial charge in [0.15, 0.2) is 0 Å². The fourth-order valence-corrected chi connectivity index (χ4v) is 2.03. The largest absolute Gasteiger partial charge is 0.353 e. The van der Waals surface area contributed by atoms with Crippen molar-refractivity contribution < 1.29 is 0 Å². The molecular weight excluding hydrogens is 210 g/mol. The summed E-state index contributed by atoms with van der Waals surface area (Å²) in [5, 5.41) is 13.2. The summed E-state index contributed by atoms with van der Waals surface area (Å²) in [4.78, 5) is 7.14. The van der Waals surface area contributed by atoms with Crippen LogP contribution in [0.3, 0.4) is 0 Å². The van der Waals surface area contributed by atoms with Gasteiger partial charge in [0.05, 0.1) is 6.54 Å². The van der Waals surface area contributed by atoms with Crippen molar-refractivity contribution in [1.29, 1.82) is 0 Å². The number of H-pyrrole nitrogens is 1. The lowest BCUT2D eigenvalue weighted by Crippen LogP contribution is -2.00. The molecule has 2 N–H and O–H groups in total. The van der Waals surface area contributed by atoms with Crippen molar-refractivity contribution in [3.63, 3.8) is 0 Å². The fraction of sp³-hybridized carbons (Fsp3) is 0.444. The molecule has 2 aromatic heterocycles. The number of rotatable bonds is 5. The number of aryl methyl sites for hydroxylation is 1. The SMILES string of the molecule is CCCc1nnc(NCc2ncc[nH]2)s1. The molecule has 0 radical (unpaired) electrons. The predicted octanol–water partition coefficient (Wildman–Crippen LogP) is 1.83. The Bertz CT molecular complexity index is 394. The van der Waals surface area contributed by atoms with Crippen molar-refractivity contribution in [2.45, 2.75) is 26.3 Å². The van der Waals surface area contributed by atoms with E-state index in [1.54, 1.807) is 23.7 Å². The van der Waals surface area contributed by atoms with Crippen LogP contribution in [0.15, 0.2) is 12.4 Å². The Kier molecular flexibility index (Phi) is 3.29. The molecule has 0 unspecified atom stereocenters. The molecule has 2 heterocycles. The van der Waals surface area contributed by atoms with E-state index in [0.717, 1.165) is 28.8 Å². The zero-order valence-corrected chi connectivity index (χ0v) is 9.34. The second-order valence-corrected chi connectivity index (χ2v) is 4.20. The molecule has 80 valence electrons. The predicted molar refractivity (Wildman–Crippen MR) is 59.8 cm³/mol. The lowest BCUT2D eigenvalue weighted by atomic mass is 10.4. The van der Waals surface area contributed by atoms with E-state index in [2.05, 4.69) is 32.4 Å². The molecule has 0 aliphatic carbocycles. The van der Waals surface area contributed by atoms with Gasteiger partial charge in [-0.15, -0.1) is 10.2 Å². The van der Waals surface area contributed by atoms with Gasteiger partial charge in [-0.05, 0) is 6.42 Å². The third-order valence-electron chi connectivity index (χ3n) is 1.89. The van der Waals surface area contributed by atoms with E-state index in [0.29, 0.717) is 6.54 Å². The summed E-state index contributed by atoms with van der Waals surface area (Å²) in [6, 6.07) is 0. The number of aromatic nitrogens is 4. The first-order chi connectivity index (χ1) is 7.38. The van der Waals surface area contributed by atoms with Gasteiger partial charge >= 0.3 is 0 Å². The van der Waals surface area contributed by atoms with E-state index in [1.165, 1.54) is 0 Å². The molecule has 0 saturated carbocycles. The summed E-state index contributed by atoms with van der Waals surface area (Å²) in [5.41, 5.74) is 0. The lowest BCUT2D eigenvalue weighted by molar-refractivity contribution is 0.876. The molecule has 0 amide bonds. The standard InChI is InChI=1S/C9H13N5S/c1-2-3-8-13-14-9(15-8)12-6-7-10-4-5-11-7/h4-5H,2-3,6H2,1H3,(H,10,11)(H,12,14). The minimum atomic E-state index is 0.660. The summed E-state index contributed by atoms with van der Waals surface area (Å²) >= 11 is 1.60. The maximum atomic E-state index is 4.11. The number of nitrogens with one attached hydrogen (secondary N) is 2. The Morgan fingerprint density at radius 2 is 2.40 bits per heavy atom. The quantitative estimate of drug-likeness (QED) is 0.811. The van der Waals surface area contributed by atoms with Crippen molar-refractivity contribution in [3.8, 4) is 0 Å². The van der Waals surface area contributed by atoms with E-state index in [9.17, 15) is 0 Å². The van der Waals surface area contributed by atoms with Crippen molar-refractivity contribution in [2.75, 3.05) is 5.32 Å². The van der Waals surface area contributed by atoms with Crippen LogP contribution in [0, 0.1) is 0 Å². The molecule has 0 spiro atoms. The molecule has 2 rings (SSSR count). The highest BCUT2D eigenvalue weighted by atomic mass is 32.1. The first-order valence-electron chi connectivity index (χ1n) is 4.93. The number of anilines is 1. The van der Waals surface area contributed by atoms with E-state index in [-0.39, 0.29) is 0 Å². The van der Waals surface area contributed by atoms with Crippen LogP contribution < -0.4 is 5.32 Å². The average Bonchev–Trinajstić information content (AvgIpc) is 2.85. The Labute approximate surface area is 92.0 Å². The van der Waals surface area contributed by atoms with E-state index in [4.69, 9.17) is 0 Å². The third kappa shape index (κ3) is 2.76. The Balaban J connectivity index is 1.88. The fourth-order valence-electron chi connectivity index (χ4n) is 1.19. The van der Waals surface area contributed by atoms with Crippen LogP contribution in [-0.2, 0) is 13.0 Å². The van der Waals surface area contributed by atoms with Crippen LogP contribution in [0.4, 0.5) is 5.13 Å². The van der Waals surface area contributed by atoms with Gasteiger partial charge < -0.3 is 10.3 Å². The molecule has 2 aromatic rings. The van der Waals surface area contributed by atoms with Crippen LogP contribution in [0.2, 0.25) is 0 Å². The van der Waals surface area contributed by atoms with Crippen LogP contribution in [0.1, 0.15) is 24.2 Å². The van der Waals surface area contributed by atoms with Gasteiger partial charge in [-0.25, -0.2) is 4.98 Å². The summed E-state index contributed by atoms with van der Waals surface area (Å²) in [6.45, 7) is 2.80. The maximum absolute atomic E-state index is 4.11. The summed E-state index contributed by atoms with van der Waals surface area (Å²) in [6.07, 6.45) is 5.65. The van der Waals surface area contributed by atoms with Crippen LogP contribution in [0.5, 0.6) is 0 Å². The van der Waals surface area contributed by atoms with Gasteiger partial charge in [0.2, 0.25) is 5.13 Å². The molecule has 0 aromatic carbocycles. The van der Waals surface area contributed by atoms with Crippen molar-refractivity contribution in [1.82, 2.24) is 20.2 Å². The molecule has 0 aliphatic heterocycles. The summed E-state index contributed by atoms with van der Waals surface area (Å²) < 4.78 is 0. The lowest BCUT2D eigenvalue weighted by Gasteiger charge is -1.96. The van der Waals surface area contributed by atoms with Gasteiger partial charge in [-0.1, -0.05) is 18.3 Å². The number of imidazole rings is 1. The second kappa shape index (κ2) is 4.88. The van der Waals surface area contributed by atoms with Gasteiger partial charge in [0.25, 0.3) is 0 Å². The molecule has 6 heteroatoms. The number of hydrogen-bond acceptors (Lipinski definition) is 5. The van der Waals surface area contributed by atoms with Gasteiger partial charge in [0, 0.05) is 18.8 Å². The van der Waals surface area contributed by atoms with Crippen molar-refractivity contribution in [3.05, 3.63) is 23.2 Å². The number of nitrogens with zero attached hydrogens (tertiary/aromatic N) is 3. The monoisotopic (exact) mass is 223 g/mol. The molecule has 0 atom stereocenters. The van der Waals surface area contributed by atoms with E-state index < -0.39 is 0 Å². The molecule has 5 nitrogen and oxygen atoms in total. The van der Waals surface area contributed by atoms with Crippen molar-refractivity contribution in [2.24, 2.45) is 0 Å². The molecule has 0 saturated heterocycles. The minimum absolute atomic E-state index is 0.660. The highest BCUT2D eigenvalue weighted by Gasteiger charge is 2.02. The highest BCUT2D eigenvalue weighted by Crippen LogP contribution is 2.16. The van der Waals surface area contributed by atoms with Crippen LogP contribution in [-0.4, -0.2) is 20.2 Å². The third-order valence-corrected chi connectivity index (χ3v) is 2.83.